The van der Waals surface area contributed by atoms with Crippen LogP contribution >= 0.6 is 0 Å². The summed E-state index contributed by atoms with van der Waals surface area (Å²) in [5.41, 5.74) is 0.967. The third kappa shape index (κ3) is 2.46. The van der Waals surface area contributed by atoms with Gasteiger partial charge in [0.05, 0.1) is 0 Å². The summed E-state index contributed by atoms with van der Waals surface area (Å²) in [6, 6.07) is 5.64. The zero-order valence-electron chi connectivity index (χ0n) is 9.33. The average Bonchev–Trinajstić information content (AvgIpc) is 2.81. The quantitative estimate of drug-likeness (QED) is 0.747. The Morgan fingerprint density at radius 1 is 1.40 bits per heavy atom. The molecule has 0 aromatic carbocycles. The number of alkyl halides is 1. The molecule has 2 rings (SSSR count). The first-order chi connectivity index (χ1) is 6.97. The van der Waals surface area contributed by atoms with Gasteiger partial charge in [0.25, 0.3) is 0 Å². The van der Waals surface area contributed by atoms with E-state index in [0.717, 1.165) is 5.69 Å². The molecule has 2 unspecified atom stereocenters. The van der Waals surface area contributed by atoms with Crippen LogP contribution in [-0.4, -0.2) is 17.3 Å². The van der Waals surface area contributed by atoms with Crippen LogP contribution in [0.3, 0.4) is 0 Å². The predicted octanol–water partition coefficient (Wildman–Crippen LogP) is 2.87. The maximum atomic E-state index is 12.6. The van der Waals surface area contributed by atoms with E-state index in [1.807, 2.05) is 12.1 Å². The lowest BCUT2D eigenvalue weighted by Crippen LogP contribution is -2.14. The van der Waals surface area contributed by atoms with Gasteiger partial charge in [0.1, 0.15) is 12.3 Å². The summed E-state index contributed by atoms with van der Waals surface area (Å²) in [5, 5.41) is 0. The van der Waals surface area contributed by atoms with Gasteiger partial charge in [-0.25, -0.2) is 9.37 Å². The van der Waals surface area contributed by atoms with Crippen molar-refractivity contribution in [1.29, 1.82) is 0 Å². The van der Waals surface area contributed by atoms with Gasteiger partial charge in [-0.05, 0) is 6.07 Å². The topological polar surface area (TPSA) is 22.1 Å². The lowest BCUT2D eigenvalue weighted by molar-refractivity contribution is 0.250. The van der Waals surface area contributed by atoms with Crippen molar-refractivity contribution in [1.82, 2.24) is 4.98 Å². The molecular formula is C12H16FNO. The fourth-order valence-electron chi connectivity index (χ4n) is 1.32. The first-order valence-electron chi connectivity index (χ1n) is 5.25. The van der Waals surface area contributed by atoms with E-state index >= 15 is 0 Å². The van der Waals surface area contributed by atoms with Gasteiger partial charge in [0.15, 0.2) is 0 Å². The highest BCUT2D eigenvalue weighted by atomic mass is 19.1. The van der Waals surface area contributed by atoms with Gasteiger partial charge >= 0.3 is 0 Å². The maximum Gasteiger partial charge on any atom is 0.213 e. The molecule has 0 N–H and O–H groups in total. The smallest absolute Gasteiger partial charge is 0.213 e. The molecule has 3 heteroatoms. The molecular weight excluding hydrogens is 193 g/mol. The van der Waals surface area contributed by atoms with E-state index in [9.17, 15) is 4.39 Å². The second-order valence-electron chi connectivity index (χ2n) is 5.02. The van der Waals surface area contributed by atoms with Crippen LogP contribution in [0.5, 0.6) is 5.88 Å². The predicted molar refractivity (Wildman–Crippen MR) is 56.9 cm³/mol. The molecule has 2 atom stereocenters. The van der Waals surface area contributed by atoms with E-state index in [0.29, 0.717) is 12.3 Å². The van der Waals surface area contributed by atoms with Crippen LogP contribution in [0, 0.1) is 0 Å². The first-order valence-corrected chi connectivity index (χ1v) is 5.25. The lowest BCUT2D eigenvalue weighted by Gasteiger charge is -2.18. The van der Waals surface area contributed by atoms with E-state index < -0.39 is 6.17 Å². The fourth-order valence-corrected chi connectivity index (χ4v) is 1.32. The molecule has 15 heavy (non-hydrogen) atoms. The van der Waals surface area contributed by atoms with Crippen LogP contribution in [0.4, 0.5) is 4.39 Å². The van der Waals surface area contributed by atoms with Crippen molar-refractivity contribution in [3.05, 3.63) is 23.9 Å². The summed E-state index contributed by atoms with van der Waals surface area (Å²) in [5.74, 6) is 0.535. The molecule has 0 saturated heterocycles. The zero-order chi connectivity index (χ0) is 11.1. The molecule has 2 nitrogen and oxygen atoms in total. The van der Waals surface area contributed by atoms with Crippen LogP contribution < -0.4 is 4.74 Å². The van der Waals surface area contributed by atoms with Crippen molar-refractivity contribution in [3.63, 3.8) is 0 Å². The van der Waals surface area contributed by atoms with Crippen LogP contribution in [0.1, 0.15) is 32.9 Å². The Balaban J connectivity index is 2.12. The van der Waals surface area contributed by atoms with E-state index in [4.69, 9.17) is 4.74 Å². The second-order valence-corrected chi connectivity index (χ2v) is 5.02. The Labute approximate surface area is 89.5 Å². The van der Waals surface area contributed by atoms with Crippen molar-refractivity contribution >= 4 is 0 Å². The Hall–Kier alpha value is -1.12. The van der Waals surface area contributed by atoms with Crippen LogP contribution in [0.15, 0.2) is 18.2 Å². The standard InChI is InChI=1S/C12H16FNO/c1-12(2,3)10-5-4-6-11(14-10)15-9-7-8(9)13/h4-6,8-9H,7H2,1-3H3. The number of ether oxygens (including phenoxy) is 1. The van der Waals surface area contributed by atoms with E-state index in [1.54, 1.807) is 6.07 Å². The Morgan fingerprint density at radius 2 is 2.07 bits per heavy atom. The summed E-state index contributed by atoms with van der Waals surface area (Å²) < 4.78 is 18.0. The summed E-state index contributed by atoms with van der Waals surface area (Å²) in [7, 11) is 0. The molecule has 1 fully saturated rings. The number of rotatable bonds is 2. The monoisotopic (exact) mass is 209 g/mol. The van der Waals surface area contributed by atoms with E-state index in [-0.39, 0.29) is 11.5 Å². The van der Waals surface area contributed by atoms with Crippen molar-refractivity contribution < 1.29 is 9.13 Å². The molecule has 0 bridgehead atoms. The Morgan fingerprint density at radius 3 is 2.60 bits per heavy atom. The highest BCUT2D eigenvalue weighted by molar-refractivity contribution is 5.21. The molecule has 1 heterocycles. The van der Waals surface area contributed by atoms with Crippen LogP contribution in [0.25, 0.3) is 0 Å². The molecule has 1 saturated carbocycles. The molecule has 1 aromatic heterocycles. The number of pyridine rings is 1. The zero-order valence-corrected chi connectivity index (χ0v) is 9.33. The minimum Gasteiger partial charge on any atom is -0.471 e. The van der Waals surface area contributed by atoms with Crippen molar-refractivity contribution in [2.45, 2.75) is 44.9 Å². The Kier molecular flexibility index (Phi) is 2.41. The highest BCUT2D eigenvalue weighted by Crippen LogP contribution is 2.30. The molecule has 0 radical (unpaired) electrons. The second kappa shape index (κ2) is 3.47. The summed E-state index contributed by atoms with van der Waals surface area (Å²) >= 11 is 0. The van der Waals surface area contributed by atoms with Gasteiger partial charge in [-0.3, -0.25) is 0 Å². The summed E-state index contributed by atoms with van der Waals surface area (Å²) in [6.07, 6.45) is -0.570. The van der Waals surface area contributed by atoms with Gasteiger partial charge in [-0.15, -0.1) is 0 Å². The SMILES string of the molecule is CC(C)(C)c1cccc(OC2CC2F)n1. The molecule has 1 aromatic rings. The summed E-state index contributed by atoms with van der Waals surface area (Å²) in [4.78, 5) is 4.37. The third-order valence-electron chi connectivity index (χ3n) is 2.42. The van der Waals surface area contributed by atoms with Gasteiger partial charge in [0.2, 0.25) is 5.88 Å². The largest absolute Gasteiger partial charge is 0.471 e. The number of hydrogen-bond acceptors (Lipinski definition) is 2. The van der Waals surface area contributed by atoms with Gasteiger partial charge in [0, 0.05) is 23.6 Å². The first kappa shape index (κ1) is 10.4. The average molecular weight is 209 g/mol. The van der Waals surface area contributed by atoms with E-state index in [2.05, 4.69) is 25.8 Å². The van der Waals surface area contributed by atoms with Gasteiger partial charge in [-0.1, -0.05) is 26.8 Å². The van der Waals surface area contributed by atoms with Gasteiger partial charge < -0.3 is 4.74 Å². The van der Waals surface area contributed by atoms with Crippen molar-refractivity contribution in [2.75, 3.05) is 0 Å². The normalized spacial score (nSPS) is 25.1. The van der Waals surface area contributed by atoms with Crippen molar-refractivity contribution in [3.8, 4) is 5.88 Å². The molecule has 0 spiro atoms. The van der Waals surface area contributed by atoms with Crippen LogP contribution in [0.2, 0.25) is 0 Å². The molecule has 82 valence electrons. The van der Waals surface area contributed by atoms with Crippen LogP contribution in [-0.2, 0) is 5.41 Å². The van der Waals surface area contributed by atoms with E-state index in [1.165, 1.54) is 0 Å². The molecule has 0 aliphatic heterocycles. The molecule has 0 amide bonds. The molecule has 1 aliphatic carbocycles. The minimum atomic E-state index is -0.801. The summed E-state index contributed by atoms with van der Waals surface area (Å²) in [6.45, 7) is 6.27. The number of nitrogens with zero attached hydrogens (tertiary/aromatic N) is 1. The Bertz CT molecular complexity index is 359. The number of aromatic nitrogens is 1. The number of hydrogen-bond donors (Lipinski definition) is 0. The van der Waals surface area contributed by atoms with Crippen molar-refractivity contribution in [2.24, 2.45) is 0 Å². The minimum absolute atomic E-state index is 0.00195. The number of halogens is 1. The molecule has 1 aliphatic rings. The lowest BCUT2D eigenvalue weighted by atomic mass is 9.92. The third-order valence-corrected chi connectivity index (χ3v) is 2.42. The highest BCUT2D eigenvalue weighted by Gasteiger charge is 2.40. The maximum absolute atomic E-state index is 12.6. The fraction of sp³-hybridized carbons (Fsp3) is 0.583. The van der Waals surface area contributed by atoms with Gasteiger partial charge in [-0.2, -0.15) is 0 Å².